The van der Waals surface area contributed by atoms with E-state index in [1.807, 2.05) is 5.32 Å². The highest BCUT2D eigenvalue weighted by Gasteiger charge is 2.38. The van der Waals surface area contributed by atoms with Gasteiger partial charge in [0.2, 0.25) is 0 Å². The molecule has 1 atom stereocenters. The van der Waals surface area contributed by atoms with Gasteiger partial charge in [-0.05, 0) is 18.9 Å². The second kappa shape index (κ2) is 6.23. The van der Waals surface area contributed by atoms with Gasteiger partial charge in [-0.15, -0.1) is 0 Å². The zero-order valence-electron chi connectivity index (χ0n) is 10.0. The van der Waals surface area contributed by atoms with Crippen molar-refractivity contribution in [3.05, 3.63) is 35.9 Å². The molecule has 0 fully saturated rings. The molecule has 1 rings (SSSR count). The van der Waals surface area contributed by atoms with Crippen molar-refractivity contribution in [1.29, 1.82) is 0 Å². The van der Waals surface area contributed by atoms with Crippen LogP contribution in [0, 0.1) is 0 Å². The first-order valence-corrected chi connectivity index (χ1v) is 5.63. The van der Waals surface area contributed by atoms with Gasteiger partial charge < -0.3 is 10.1 Å². The van der Waals surface area contributed by atoms with Crippen LogP contribution in [0.4, 0.5) is 8.78 Å². The van der Waals surface area contributed by atoms with E-state index in [9.17, 15) is 18.4 Å². The van der Waals surface area contributed by atoms with Crippen LogP contribution in [0.25, 0.3) is 0 Å². The normalized spacial score (nSPS) is 12.8. The van der Waals surface area contributed by atoms with Gasteiger partial charge >= 0.3 is 5.92 Å². The number of alkyl halides is 2. The number of rotatable bonds is 6. The summed E-state index contributed by atoms with van der Waals surface area (Å²) in [5.74, 6) is -4.87. The number of aryl methyl sites for hydroxylation is 1. The van der Waals surface area contributed by atoms with Crippen molar-refractivity contribution in [2.45, 2.75) is 31.7 Å². The van der Waals surface area contributed by atoms with Crippen molar-refractivity contribution in [3.63, 3.8) is 0 Å². The number of benzene rings is 1. The highest BCUT2D eigenvalue weighted by atomic mass is 19.3. The minimum absolute atomic E-state index is 0.108. The summed E-state index contributed by atoms with van der Waals surface area (Å²) in [5.41, 5.74) is 0.744. The fourth-order valence-corrected chi connectivity index (χ4v) is 1.41. The molecule has 3 nitrogen and oxygen atoms in total. The van der Waals surface area contributed by atoms with Gasteiger partial charge in [-0.3, -0.25) is 4.79 Å². The summed E-state index contributed by atoms with van der Waals surface area (Å²) in [6.45, 7) is 1.35. The lowest BCUT2D eigenvalue weighted by Gasteiger charge is -2.17. The summed E-state index contributed by atoms with van der Waals surface area (Å²) in [4.78, 5) is 21.5. The van der Waals surface area contributed by atoms with Gasteiger partial charge in [-0.25, -0.2) is 0 Å². The molecule has 0 bridgehead atoms. The quantitative estimate of drug-likeness (QED) is 0.790. The van der Waals surface area contributed by atoms with E-state index in [0.29, 0.717) is 6.29 Å². The molecule has 0 aliphatic heterocycles. The number of aldehydes is 1. The molecule has 0 aliphatic carbocycles. The fourth-order valence-electron chi connectivity index (χ4n) is 1.41. The van der Waals surface area contributed by atoms with E-state index in [-0.39, 0.29) is 6.42 Å². The Morgan fingerprint density at radius 1 is 1.39 bits per heavy atom. The molecule has 0 aromatic heterocycles. The van der Waals surface area contributed by atoms with Crippen molar-refractivity contribution in [1.82, 2.24) is 5.32 Å². The number of halogens is 2. The van der Waals surface area contributed by atoms with Crippen LogP contribution in [0.15, 0.2) is 30.3 Å². The molecule has 1 unspecified atom stereocenters. The Bertz CT molecular complexity index is 407. The molecule has 1 N–H and O–H groups in total. The Morgan fingerprint density at radius 3 is 2.56 bits per heavy atom. The average molecular weight is 255 g/mol. The molecule has 0 spiro atoms. The van der Waals surface area contributed by atoms with Gasteiger partial charge in [-0.2, -0.15) is 8.78 Å². The van der Waals surface area contributed by atoms with Crippen LogP contribution in [0.2, 0.25) is 0 Å². The topological polar surface area (TPSA) is 46.2 Å². The minimum Gasteiger partial charge on any atom is -0.342 e. The number of carbonyl (C=O) groups excluding carboxylic acids is 2. The largest absolute Gasteiger partial charge is 0.342 e. The first kappa shape index (κ1) is 14.3. The van der Waals surface area contributed by atoms with E-state index in [1.165, 1.54) is 6.92 Å². The monoisotopic (exact) mass is 255 g/mol. The van der Waals surface area contributed by atoms with Crippen LogP contribution in [0.1, 0.15) is 18.9 Å². The van der Waals surface area contributed by atoms with E-state index >= 15 is 0 Å². The van der Waals surface area contributed by atoms with Crippen molar-refractivity contribution in [3.8, 4) is 0 Å². The van der Waals surface area contributed by atoms with Crippen LogP contribution in [-0.2, 0) is 16.0 Å². The molecule has 0 radical (unpaired) electrons. The third-order valence-electron chi connectivity index (χ3n) is 2.47. The summed E-state index contributed by atoms with van der Waals surface area (Å²) >= 11 is 0. The zero-order chi connectivity index (χ0) is 13.6. The Morgan fingerprint density at radius 2 is 2.00 bits per heavy atom. The van der Waals surface area contributed by atoms with Crippen molar-refractivity contribution >= 4 is 12.2 Å². The molecule has 5 heteroatoms. The number of hydrogen-bond donors (Lipinski definition) is 1. The minimum atomic E-state index is -3.47. The standard InChI is InChI=1S/C13H15F2NO2/c1-10(9-17)16-12(18)13(14,15)8-7-11-5-3-2-4-6-11/h2-6,9-10H,7-8H2,1H3,(H,16,18). The third-order valence-corrected chi connectivity index (χ3v) is 2.47. The molecule has 0 aliphatic rings. The molecule has 1 amide bonds. The fraction of sp³-hybridized carbons (Fsp3) is 0.385. The molecule has 98 valence electrons. The lowest BCUT2D eigenvalue weighted by Crippen LogP contribution is -2.45. The summed E-state index contributed by atoms with van der Waals surface area (Å²) in [6, 6.07) is 7.84. The first-order chi connectivity index (χ1) is 8.45. The van der Waals surface area contributed by atoms with Crippen LogP contribution < -0.4 is 5.32 Å². The number of amides is 1. The first-order valence-electron chi connectivity index (χ1n) is 5.63. The van der Waals surface area contributed by atoms with Gasteiger partial charge in [0, 0.05) is 6.42 Å². The smallest absolute Gasteiger partial charge is 0.324 e. The Labute approximate surface area is 104 Å². The lowest BCUT2D eigenvalue weighted by atomic mass is 10.1. The molecule has 1 aromatic rings. The second-order valence-electron chi connectivity index (χ2n) is 4.09. The Balaban J connectivity index is 2.53. The maximum atomic E-state index is 13.5. The molecule has 18 heavy (non-hydrogen) atoms. The summed E-state index contributed by atoms with van der Waals surface area (Å²) < 4.78 is 26.9. The van der Waals surface area contributed by atoms with E-state index in [0.717, 1.165) is 5.56 Å². The zero-order valence-corrected chi connectivity index (χ0v) is 10.0. The summed E-state index contributed by atoms with van der Waals surface area (Å²) in [7, 11) is 0. The van der Waals surface area contributed by atoms with Gasteiger partial charge in [0.1, 0.15) is 6.29 Å². The van der Waals surface area contributed by atoms with E-state index < -0.39 is 24.3 Å². The summed E-state index contributed by atoms with van der Waals surface area (Å²) in [6.07, 6.45) is -0.0592. The highest BCUT2D eigenvalue weighted by Crippen LogP contribution is 2.21. The lowest BCUT2D eigenvalue weighted by molar-refractivity contribution is -0.147. The predicted molar refractivity (Wildman–Crippen MR) is 63.4 cm³/mol. The van der Waals surface area contributed by atoms with Crippen LogP contribution >= 0.6 is 0 Å². The number of hydrogen-bond acceptors (Lipinski definition) is 2. The Kier molecular flexibility index (Phi) is 4.95. The molecular formula is C13H15F2NO2. The average Bonchev–Trinajstić information content (AvgIpc) is 2.37. The van der Waals surface area contributed by atoms with Gasteiger partial charge in [0.05, 0.1) is 6.04 Å². The van der Waals surface area contributed by atoms with Crippen LogP contribution in [0.3, 0.4) is 0 Å². The predicted octanol–water partition coefficient (Wildman–Crippen LogP) is 1.96. The van der Waals surface area contributed by atoms with Gasteiger partial charge in [0.25, 0.3) is 5.91 Å². The maximum Gasteiger partial charge on any atom is 0.324 e. The number of carbonyl (C=O) groups is 2. The van der Waals surface area contributed by atoms with Crippen molar-refractivity contribution in [2.24, 2.45) is 0 Å². The van der Waals surface area contributed by atoms with E-state index in [1.54, 1.807) is 30.3 Å². The van der Waals surface area contributed by atoms with Crippen LogP contribution in [0.5, 0.6) is 0 Å². The molecule has 0 saturated heterocycles. The molecular weight excluding hydrogens is 240 g/mol. The number of nitrogens with one attached hydrogen (secondary N) is 1. The second-order valence-corrected chi connectivity index (χ2v) is 4.09. The van der Waals surface area contributed by atoms with Crippen LogP contribution in [-0.4, -0.2) is 24.2 Å². The SMILES string of the molecule is CC(C=O)NC(=O)C(F)(F)CCc1ccccc1. The van der Waals surface area contributed by atoms with E-state index in [4.69, 9.17) is 0 Å². The summed E-state index contributed by atoms with van der Waals surface area (Å²) in [5, 5.41) is 1.95. The molecule has 0 saturated carbocycles. The van der Waals surface area contributed by atoms with Crippen molar-refractivity contribution < 1.29 is 18.4 Å². The Hall–Kier alpha value is -1.78. The van der Waals surface area contributed by atoms with Gasteiger partial charge in [0.15, 0.2) is 0 Å². The molecule has 0 heterocycles. The maximum absolute atomic E-state index is 13.5. The van der Waals surface area contributed by atoms with Crippen molar-refractivity contribution in [2.75, 3.05) is 0 Å². The van der Waals surface area contributed by atoms with E-state index in [2.05, 4.69) is 0 Å². The third kappa shape index (κ3) is 4.24. The van der Waals surface area contributed by atoms with Gasteiger partial charge in [-0.1, -0.05) is 30.3 Å². The highest BCUT2D eigenvalue weighted by molar-refractivity contribution is 5.85. The molecule has 1 aromatic carbocycles.